The van der Waals surface area contributed by atoms with Gasteiger partial charge in [0.05, 0.1) is 0 Å². The summed E-state index contributed by atoms with van der Waals surface area (Å²) in [4.78, 5) is 10.1. The molecule has 0 saturated heterocycles. The van der Waals surface area contributed by atoms with Crippen LogP contribution in [0.25, 0.3) is 0 Å². The molecule has 0 spiro atoms. The second-order valence-corrected chi connectivity index (χ2v) is 2.23. The van der Waals surface area contributed by atoms with E-state index in [0.29, 0.717) is 13.0 Å². The fraction of sp³-hybridized carbons (Fsp3) is 0.833. The van der Waals surface area contributed by atoms with E-state index in [1.807, 2.05) is 0 Å². The molecule has 0 aliphatic rings. The molecule has 0 aliphatic carbocycles. The summed E-state index contributed by atoms with van der Waals surface area (Å²) in [5, 5.41) is 8.33. The van der Waals surface area contributed by atoms with Crippen LogP contribution in [0.4, 0.5) is 0 Å². The van der Waals surface area contributed by atoms with Gasteiger partial charge in [-0.05, 0) is 19.4 Å². The number of unbranched alkanes of at least 4 members (excludes halogenated alkanes) is 1. The van der Waals surface area contributed by atoms with Crippen molar-refractivity contribution >= 4 is 5.97 Å². The fourth-order valence-electron chi connectivity index (χ4n) is 0.632. The first-order chi connectivity index (χ1) is 4.68. The topological polar surface area (TPSA) is 89.3 Å². The molecule has 0 aromatic heterocycles. The van der Waals surface area contributed by atoms with Gasteiger partial charge in [-0.1, -0.05) is 6.42 Å². The minimum Gasteiger partial charge on any atom is -0.480 e. The van der Waals surface area contributed by atoms with E-state index in [4.69, 9.17) is 16.6 Å². The zero-order valence-corrected chi connectivity index (χ0v) is 10.0. The predicted molar refractivity (Wildman–Crippen MR) is 38.5 cm³/mol. The maximum absolute atomic E-state index is 10.1. The summed E-state index contributed by atoms with van der Waals surface area (Å²) in [5.41, 5.74) is 10.4. The van der Waals surface area contributed by atoms with Crippen LogP contribution in [0.15, 0.2) is 0 Å². The number of hydrogen-bond acceptors (Lipinski definition) is 3. The van der Waals surface area contributed by atoms with Crippen LogP contribution in [0, 0.1) is 0 Å². The van der Waals surface area contributed by atoms with Crippen molar-refractivity contribution in [2.75, 3.05) is 6.54 Å². The third-order valence-corrected chi connectivity index (χ3v) is 1.29. The van der Waals surface area contributed by atoms with Crippen LogP contribution in [-0.4, -0.2) is 23.7 Å². The summed E-state index contributed by atoms with van der Waals surface area (Å²) in [7, 11) is 0. The zero-order valence-electron chi connectivity index (χ0n) is 6.42. The second-order valence-electron chi connectivity index (χ2n) is 2.23. The summed E-state index contributed by atoms with van der Waals surface area (Å²) in [5.74, 6) is -0.933. The quantitative estimate of drug-likeness (QED) is 0.471. The Kier molecular flexibility index (Phi) is 10.5. The Morgan fingerprint density at radius 2 is 2.00 bits per heavy atom. The molecular formula is C6H14HfN2O2. The summed E-state index contributed by atoms with van der Waals surface area (Å²) in [6.45, 7) is 0.604. The molecule has 0 heterocycles. The normalized spacial score (nSPS) is 11.8. The van der Waals surface area contributed by atoms with Crippen molar-refractivity contribution in [3.63, 3.8) is 0 Å². The Morgan fingerprint density at radius 1 is 1.45 bits per heavy atom. The van der Waals surface area contributed by atoms with Crippen molar-refractivity contribution in [3.05, 3.63) is 0 Å². The van der Waals surface area contributed by atoms with Crippen molar-refractivity contribution in [1.82, 2.24) is 0 Å². The average molecular weight is 325 g/mol. The Bertz CT molecular complexity index is 111. The van der Waals surface area contributed by atoms with Crippen molar-refractivity contribution < 1.29 is 35.7 Å². The van der Waals surface area contributed by atoms with E-state index in [9.17, 15) is 4.79 Å². The molecule has 0 aliphatic heterocycles. The molecule has 0 radical (unpaired) electrons. The minimum atomic E-state index is -0.933. The molecule has 0 amide bonds. The molecule has 11 heavy (non-hydrogen) atoms. The van der Waals surface area contributed by atoms with E-state index in [1.54, 1.807) is 0 Å². The predicted octanol–water partition coefficient (Wildman–Crippen LogP) is -0.475. The number of rotatable bonds is 5. The molecule has 5 N–H and O–H groups in total. The maximum Gasteiger partial charge on any atom is 0.320 e. The monoisotopic (exact) mass is 326 g/mol. The molecule has 0 aromatic rings. The third-order valence-electron chi connectivity index (χ3n) is 1.29. The number of carboxylic acid groups (broad SMARTS) is 1. The van der Waals surface area contributed by atoms with Crippen molar-refractivity contribution in [3.8, 4) is 0 Å². The number of hydrogen-bond donors (Lipinski definition) is 3. The number of nitrogens with two attached hydrogens (primary N) is 2. The van der Waals surface area contributed by atoms with Gasteiger partial charge in [0.2, 0.25) is 0 Å². The molecular weight excluding hydrogens is 311 g/mol. The molecule has 0 fully saturated rings. The Morgan fingerprint density at radius 3 is 2.36 bits per heavy atom. The Hall–Kier alpha value is 0.260. The van der Waals surface area contributed by atoms with E-state index in [2.05, 4.69) is 0 Å². The van der Waals surface area contributed by atoms with Gasteiger partial charge >= 0.3 is 5.97 Å². The van der Waals surface area contributed by atoms with Gasteiger partial charge in [0, 0.05) is 25.8 Å². The average Bonchev–Trinajstić information content (AvgIpc) is 1.88. The molecule has 0 unspecified atom stereocenters. The largest absolute Gasteiger partial charge is 0.480 e. The van der Waals surface area contributed by atoms with Gasteiger partial charge in [0.25, 0.3) is 0 Å². The van der Waals surface area contributed by atoms with Crippen molar-refractivity contribution in [2.45, 2.75) is 25.3 Å². The van der Waals surface area contributed by atoms with Gasteiger partial charge in [-0.15, -0.1) is 0 Å². The Labute approximate surface area is 85.1 Å². The smallest absolute Gasteiger partial charge is 0.320 e. The van der Waals surface area contributed by atoms with E-state index in [0.717, 1.165) is 12.8 Å². The fourth-order valence-corrected chi connectivity index (χ4v) is 0.632. The van der Waals surface area contributed by atoms with Gasteiger partial charge < -0.3 is 16.6 Å². The SMILES string of the molecule is NCCCC[C@H](N)C(=O)O.[Hf]. The standard InChI is InChI=1S/C6H14N2O2.Hf/c7-4-2-1-3-5(8)6(9)10;/h5H,1-4,7-8H2,(H,9,10);/t5-;/m0./s1. The molecule has 0 aromatic carbocycles. The van der Waals surface area contributed by atoms with Gasteiger partial charge in [0.15, 0.2) is 0 Å². The summed E-state index contributed by atoms with van der Waals surface area (Å²) in [6, 6.07) is -0.716. The van der Waals surface area contributed by atoms with Crippen molar-refractivity contribution in [2.24, 2.45) is 11.5 Å². The molecule has 1 atom stereocenters. The van der Waals surface area contributed by atoms with E-state index >= 15 is 0 Å². The van der Waals surface area contributed by atoms with Crippen LogP contribution in [0.5, 0.6) is 0 Å². The molecule has 5 heteroatoms. The van der Waals surface area contributed by atoms with Gasteiger partial charge in [-0.3, -0.25) is 4.79 Å². The van der Waals surface area contributed by atoms with Crippen LogP contribution in [0.1, 0.15) is 19.3 Å². The first-order valence-electron chi connectivity index (χ1n) is 3.37. The van der Waals surface area contributed by atoms with Gasteiger partial charge in [0.1, 0.15) is 6.04 Å². The van der Waals surface area contributed by atoms with Crippen LogP contribution >= 0.6 is 0 Å². The van der Waals surface area contributed by atoms with E-state index in [-0.39, 0.29) is 25.8 Å². The summed E-state index contributed by atoms with van der Waals surface area (Å²) < 4.78 is 0. The number of carboxylic acids is 1. The first-order valence-corrected chi connectivity index (χ1v) is 3.37. The van der Waals surface area contributed by atoms with Crippen LogP contribution < -0.4 is 11.5 Å². The summed E-state index contributed by atoms with van der Waals surface area (Å²) >= 11 is 0. The van der Waals surface area contributed by atoms with Crippen LogP contribution in [0.2, 0.25) is 0 Å². The van der Waals surface area contributed by atoms with Gasteiger partial charge in [-0.2, -0.15) is 0 Å². The molecule has 0 rings (SSSR count). The van der Waals surface area contributed by atoms with Crippen LogP contribution in [0.3, 0.4) is 0 Å². The molecule has 0 bridgehead atoms. The van der Waals surface area contributed by atoms with E-state index < -0.39 is 12.0 Å². The molecule has 64 valence electrons. The zero-order chi connectivity index (χ0) is 7.98. The first kappa shape index (κ1) is 13.8. The Balaban J connectivity index is 0. The third kappa shape index (κ3) is 8.16. The maximum atomic E-state index is 10.1. The van der Waals surface area contributed by atoms with Crippen LogP contribution in [-0.2, 0) is 30.6 Å². The second kappa shape index (κ2) is 8.36. The van der Waals surface area contributed by atoms with Crippen molar-refractivity contribution in [1.29, 1.82) is 0 Å². The minimum absolute atomic E-state index is 0. The number of aliphatic carboxylic acids is 1. The number of carbonyl (C=O) groups is 1. The van der Waals surface area contributed by atoms with E-state index in [1.165, 1.54) is 0 Å². The van der Waals surface area contributed by atoms with Gasteiger partial charge in [-0.25, -0.2) is 0 Å². The molecule has 0 saturated carbocycles. The summed E-state index contributed by atoms with van der Waals surface area (Å²) in [6.07, 6.45) is 2.16. The molecule has 4 nitrogen and oxygen atoms in total.